The van der Waals surface area contributed by atoms with Gasteiger partial charge in [0, 0.05) is 29.8 Å². The summed E-state index contributed by atoms with van der Waals surface area (Å²) in [6.07, 6.45) is 4.24. The normalized spacial score (nSPS) is 19.4. The van der Waals surface area contributed by atoms with Crippen LogP contribution >= 0.6 is 15.9 Å². The van der Waals surface area contributed by atoms with Crippen LogP contribution < -0.4 is 10.6 Å². The topological polar surface area (TPSA) is 42.1 Å². The number of pyridine rings is 1. The highest BCUT2D eigenvalue weighted by molar-refractivity contribution is 9.10. The van der Waals surface area contributed by atoms with Crippen molar-refractivity contribution in [2.45, 2.75) is 32.7 Å². The first-order chi connectivity index (χ1) is 8.08. The van der Waals surface area contributed by atoms with Crippen molar-refractivity contribution in [2.24, 2.45) is 11.7 Å². The number of aromatic nitrogens is 1. The summed E-state index contributed by atoms with van der Waals surface area (Å²) in [6.45, 7) is 6.35. The Morgan fingerprint density at radius 3 is 2.65 bits per heavy atom. The summed E-state index contributed by atoms with van der Waals surface area (Å²) < 4.78 is 1.08. The Hall–Kier alpha value is -0.610. The number of halogens is 1. The van der Waals surface area contributed by atoms with Crippen molar-refractivity contribution in [3.8, 4) is 0 Å². The van der Waals surface area contributed by atoms with Crippen LogP contribution in [0.4, 0.5) is 5.82 Å². The summed E-state index contributed by atoms with van der Waals surface area (Å²) in [4.78, 5) is 6.84. The number of anilines is 1. The third-order valence-corrected chi connectivity index (χ3v) is 4.47. The van der Waals surface area contributed by atoms with Crippen molar-refractivity contribution in [3.63, 3.8) is 0 Å². The van der Waals surface area contributed by atoms with Crippen molar-refractivity contribution in [1.29, 1.82) is 0 Å². The molecule has 2 N–H and O–H groups in total. The number of aryl methyl sites for hydroxylation is 1. The molecule has 2 heterocycles. The average molecular weight is 298 g/mol. The lowest BCUT2D eigenvalue weighted by Gasteiger charge is -2.34. The smallest absolute Gasteiger partial charge is 0.128 e. The number of hydrogen-bond donors (Lipinski definition) is 1. The molecule has 0 bridgehead atoms. The van der Waals surface area contributed by atoms with E-state index >= 15 is 0 Å². The fourth-order valence-corrected chi connectivity index (χ4v) is 2.57. The van der Waals surface area contributed by atoms with E-state index in [-0.39, 0.29) is 0 Å². The lowest BCUT2D eigenvalue weighted by atomic mass is 9.91. The predicted molar refractivity (Wildman–Crippen MR) is 75.3 cm³/mol. The molecule has 2 rings (SSSR count). The van der Waals surface area contributed by atoms with Crippen molar-refractivity contribution in [1.82, 2.24) is 4.98 Å². The van der Waals surface area contributed by atoms with Gasteiger partial charge in [0.2, 0.25) is 0 Å². The van der Waals surface area contributed by atoms with Crippen LogP contribution in [-0.2, 0) is 0 Å². The molecule has 17 heavy (non-hydrogen) atoms. The van der Waals surface area contributed by atoms with E-state index in [1.54, 1.807) is 0 Å². The highest BCUT2D eigenvalue weighted by Crippen LogP contribution is 2.25. The van der Waals surface area contributed by atoms with E-state index in [1.807, 2.05) is 6.20 Å². The monoisotopic (exact) mass is 297 g/mol. The van der Waals surface area contributed by atoms with Crippen molar-refractivity contribution >= 4 is 21.7 Å². The highest BCUT2D eigenvalue weighted by Gasteiger charge is 2.22. The molecule has 0 radical (unpaired) electrons. The maximum atomic E-state index is 5.95. The maximum Gasteiger partial charge on any atom is 0.128 e. The van der Waals surface area contributed by atoms with Gasteiger partial charge < -0.3 is 10.6 Å². The minimum atomic E-state index is 0.316. The van der Waals surface area contributed by atoms with E-state index in [2.05, 4.69) is 45.7 Å². The molecule has 1 fully saturated rings. The summed E-state index contributed by atoms with van der Waals surface area (Å²) >= 11 is 3.48. The Balaban J connectivity index is 2.03. The van der Waals surface area contributed by atoms with E-state index in [1.165, 1.54) is 18.4 Å². The van der Waals surface area contributed by atoms with Crippen LogP contribution in [0.25, 0.3) is 0 Å². The van der Waals surface area contributed by atoms with Crippen LogP contribution in [0.5, 0.6) is 0 Å². The zero-order valence-electron chi connectivity index (χ0n) is 10.5. The number of nitrogens with two attached hydrogens (primary N) is 1. The second-order valence-electron chi connectivity index (χ2n) is 4.98. The van der Waals surface area contributed by atoms with E-state index < -0.39 is 0 Å². The van der Waals surface area contributed by atoms with Gasteiger partial charge >= 0.3 is 0 Å². The number of hydrogen-bond acceptors (Lipinski definition) is 3. The largest absolute Gasteiger partial charge is 0.357 e. The summed E-state index contributed by atoms with van der Waals surface area (Å²) in [5, 5.41) is 0. The van der Waals surface area contributed by atoms with Crippen LogP contribution in [0, 0.1) is 12.8 Å². The number of rotatable bonds is 2. The Kier molecular flexibility index (Phi) is 4.05. The van der Waals surface area contributed by atoms with Crippen LogP contribution in [0.3, 0.4) is 0 Å². The van der Waals surface area contributed by atoms with E-state index in [4.69, 9.17) is 5.73 Å². The minimum Gasteiger partial charge on any atom is -0.357 e. The van der Waals surface area contributed by atoms with Gasteiger partial charge in [-0.05, 0) is 60.2 Å². The molecule has 0 aliphatic carbocycles. The van der Waals surface area contributed by atoms with Gasteiger partial charge in [0.1, 0.15) is 5.82 Å². The summed E-state index contributed by atoms with van der Waals surface area (Å²) in [6, 6.07) is 2.47. The zero-order valence-corrected chi connectivity index (χ0v) is 12.1. The summed E-state index contributed by atoms with van der Waals surface area (Å²) in [5.74, 6) is 1.76. The minimum absolute atomic E-state index is 0.316. The first-order valence-corrected chi connectivity index (χ1v) is 7.00. The SMILES string of the molecule is Cc1cc(N2CCC(C(C)N)CC2)ncc1Br. The van der Waals surface area contributed by atoms with Crippen molar-refractivity contribution < 1.29 is 0 Å². The Bertz CT molecular complexity index is 384. The molecule has 3 nitrogen and oxygen atoms in total. The highest BCUT2D eigenvalue weighted by atomic mass is 79.9. The second kappa shape index (κ2) is 5.36. The van der Waals surface area contributed by atoms with Crippen molar-refractivity contribution in [3.05, 3.63) is 22.3 Å². The first-order valence-electron chi connectivity index (χ1n) is 6.20. The quantitative estimate of drug-likeness (QED) is 0.913. The number of nitrogens with zero attached hydrogens (tertiary/aromatic N) is 2. The van der Waals surface area contributed by atoms with Crippen LogP contribution in [0.15, 0.2) is 16.7 Å². The molecule has 4 heteroatoms. The van der Waals surface area contributed by atoms with Gasteiger partial charge in [-0.3, -0.25) is 0 Å². The van der Waals surface area contributed by atoms with Crippen LogP contribution in [0.2, 0.25) is 0 Å². The molecule has 0 saturated carbocycles. The fraction of sp³-hybridized carbons (Fsp3) is 0.615. The first kappa shape index (κ1) is 12.8. The Morgan fingerprint density at radius 1 is 1.47 bits per heavy atom. The average Bonchev–Trinajstić information content (AvgIpc) is 2.33. The lowest BCUT2D eigenvalue weighted by Crippen LogP contribution is -2.40. The Morgan fingerprint density at radius 2 is 2.12 bits per heavy atom. The molecule has 0 amide bonds. The molecule has 1 unspecified atom stereocenters. The summed E-state index contributed by atoms with van der Waals surface area (Å²) in [7, 11) is 0. The predicted octanol–water partition coefficient (Wildman–Crippen LogP) is 2.72. The molecule has 94 valence electrons. The molecule has 0 aromatic carbocycles. The van der Waals surface area contributed by atoms with E-state index in [9.17, 15) is 0 Å². The molecule has 0 spiro atoms. The molecule has 1 saturated heterocycles. The third-order valence-electron chi connectivity index (χ3n) is 3.64. The van der Waals surface area contributed by atoms with Gasteiger partial charge in [0.15, 0.2) is 0 Å². The van der Waals surface area contributed by atoms with E-state index in [0.29, 0.717) is 12.0 Å². The third kappa shape index (κ3) is 2.99. The van der Waals surface area contributed by atoms with Gasteiger partial charge in [-0.1, -0.05) is 0 Å². The standard InChI is InChI=1S/C13H20BrN3/c1-9-7-13(16-8-12(9)14)17-5-3-11(4-6-17)10(2)15/h7-8,10-11H,3-6,15H2,1-2H3. The Labute approximate surface area is 112 Å². The zero-order chi connectivity index (χ0) is 12.4. The lowest BCUT2D eigenvalue weighted by molar-refractivity contribution is 0.353. The van der Waals surface area contributed by atoms with Crippen molar-refractivity contribution in [2.75, 3.05) is 18.0 Å². The molecule has 1 aliphatic heterocycles. The molecular weight excluding hydrogens is 278 g/mol. The fourth-order valence-electron chi connectivity index (χ4n) is 2.35. The van der Waals surface area contributed by atoms with Gasteiger partial charge in [0.05, 0.1) is 0 Å². The van der Waals surface area contributed by atoms with Gasteiger partial charge in [-0.15, -0.1) is 0 Å². The number of piperidine rings is 1. The van der Waals surface area contributed by atoms with E-state index in [0.717, 1.165) is 23.4 Å². The van der Waals surface area contributed by atoms with Crippen LogP contribution in [-0.4, -0.2) is 24.1 Å². The molecular formula is C13H20BrN3. The molecule has 1 aliphatic rings. The molecule has 1 atom stereocenters. The second-order valence-corrected chi connectivity index (χ2v) is 5.83. The molecule has 1 aromatic rings. The van der Waals surface area contributed by atoms with Gasteiger partial charge in [-0.2, -0.15) is 0 Å². The van der Waals surface area contributed by atoms with Gasteiger partial charge in [-0.25, -0.2) is 4.98 Å². The summed E-state index contributed by atoms with van der Waals surface area (Å²) in [5.41, 5.74) is 7.20. The maximum absolute atomic E-state index is 5.95. The van der Waals surface area contributed by atoms with Gasteiger partial charge in [0.25, 0.3) is 0 Å². The molecule has 1 aromatic heterocycles. The van der Waals surface area contributed by atoms with Crippen LogP contribution in [0.1, 0.15) is 25.3 Å².